The van der Waals surface area contributed by atoms with Crippen molar-refractivity contribution in [2.24, 2.45) is 17.1 Å². The largest absolute Gasteiger partial charge is 0.512 e. The predicted octanol–water partition coefficient (Wildman–Crippen LogP) is 1.54. The minimum absolute atomic E-state index is 0.0393. The fourth-order valence-electron chi connectivity index (χ4n) is 6.49. The zero-order valence-corrected chi connectivity index (χ0v) is 20.7. The molecule has 9 nitrogen and oxygen atoms in total. The van der Waals surface area contributed by atoms with Crippen LogP contribution in [-0.4, -0.2) is 57.2 Å². The van der Waals surface area contributed by atoms with Gasteiger partial charge < -0.3 is 36.8 Å². The monoisotopic (exact) mass is 523 g/mol. The summed E-state index contributed by atoms with van der Waals surface area (Å²) < 4.78 is 0. The van der Waals surface area contributed by atoms with Crippen molar-refractivity contribution >= 4 is 22.9 Å². The normalized spacial score (nSPS) is 29.8. The molecule has 196 valence electrons. The van der Waals surface area contributed by atoms with Crippen molar-refractivity contribution in [3.63, 3.8) is 0 Å². The van der Waals surface area contributed by atoms with Crippen LogP contribution >= 0.6 is 0 Å². The van der Waals surface area contributed by atoms with Gasteiger partial charge >= 0.3 is 0 Å². The number of benzene rings is 2. The Morgan fingerprint density at radius 1 is 1.13 bits per heavy atom. The third-order valence-electron chi connectivity index (χ3n) is 8.16. The summed E-state index contributed by atoms with van der Waals surface area (Å²) in [6.45, 7) is 4.56. The van der Waals surface area contributed by atoms with E-state index in [9.17, 15) is 30.0 Å². The standard InChI is InChI=1S/C30H25N3O6/c1-15(34)29-22-13-17(35)6-4-2-3-5-7-23(29)33-26-20(30(22,29)39)14-21(36)24-25(26)27(37)18-9-8-16(32-11-10-31)12-19(18)28(24)38/h2-3,8-9,12,14,17,22-23,32-36,39H,1,10-11,13,31H2/b3-2-/t17-,22?,23+,29+,30-/m1/s1. The maximum Gasteiger partial charge on any atom is 0.198 e. The highest BCUT2D eigenvalue weighted by molar-refractivity contribution is 6.31. The van der Waals surface area contributed by atoms with Crippen molar-refractivity contribution in [3.8, 4) is 29.4 Å². The van der Waals surface area contributed by atoms with E-state index in [4.69, 9.17) is 5.73 Å². The number of nitrogens with one attached hydrogen (secondary N) is 2. The van der Waals surface area contributed by atoms with Crippen LogP contribution in [0.1, 0.15) is 43.8 Å². The quantitative estimate of drug-likeness (QED) is 0.153. The van der Waals surface area contributed by atoms with Gasteiger partial charge in [0, 0.05) is 41.4 Å². The number of hydrogen-bond donors (Lipinski definition) is 7. The number of aliphatic hydroxyl groups excluding tert-OH is 2. The highest BCUT2D eigenvalue weighted by Crippen LogP contribution is 2.77. The number of ketones is 2. The lowest BCUT2D eigenvalue weighted by atomic mass is 9.76. The number of carbonyl (C=O) groups is 2. The van der Waals surface area contributed by atoms with E-state index in [2.05, 4.69) is 40.9 Å². The Labute approximate surface area is 224 Å². The van der Waals surface area contributed by atoms with Gasteiger partial charge in [-0.1, -0.05) is 30.3 Å². The van der Waals surface area contributed by atoms with E-state index in [1.165, 1.54) is 24.3 Å². The Kier molecular flexibility index (Phi) is 5.39. The van der Waals surface area contributed by atoms with Crippen LogP contribution < -0.4 is 16.4 Å². The number of rotatable bonds is 4. The highest BCUT2D eigenvalue weighted by Gasteiger charge is 2.84. The van der Waals surface area contributed by atoms with Crippen LogP contribution in [0.25, 0.3) is 0 Å². The minimum atomic E-state index is -1.86. The molecular weight excluding hydrogens is 498 g/mol. The molecular formula is C30H25N3O6. The van der Waals surface area contributed by atoms with Gasteiger partial charge in [-0.05, 0) is 42.8 Å². The number of fused-ring (bicyclic) bond motifs is 6. The van der Waals surface area contributed by atoms with Crippen LogP contribution in [0.5, 0.6) is 5.75 Å². The number of hydrogen-bond acceptors (Lipinski definition) is 9. The van der Waals surface area contributed by atoms with E-state index in [0.29, 0.717) is 18.8 Å². The van der Waals surface area contributed by atoms with E-state index in [1.807, 2.05) is 0 Å². The average molecular weight is 524 g/mol. The SMILES string of the molecule is C=C(O)[C@]12C3C[C@H](O)C#C/C=C\C#C[C@@H]1Nc1c(cc(O)c4c1C(=O)c1ccc(NCCN)cc1C4=O)[C@@]32O. The molecule has 1 fully saturated rings. The maximum atomic E-state index is 13.9. The molecule has 2 aromatic carbocycles. The van der Waals surface area contributed by atoms with Gasteiger partial charge in [-0.25, -0.2) is 0 Å². The van der Waals surface area contributed by atoms with Gasteiger partial charge in [-0.2, -0.15) is 0 Å². The smallest absolute Gasteiger partial charge is 0.198 e. The molecule has 6 rings (SSSR count). The molecule has 1 saturated carbocycles. The molecule has 8 N–H and O–H groups in total. The molecule has 0 radical (unpaired) electrons. The van der Waals surface area contributed by atoms with E-state index < -0.39 is 46.4 Å². The summed E-state index contributed by atoms with van der Waals surface area (Å²) in [6.07, 6.45) is 1.77. The minimum Gasteiger partial charge on any atom is -0.512 e. The van der Waals surface area contributed by atoms with Gasteiger partial charge in [-0.15, -0.1) is 0 Å². The second-order valence-electron chi connectivity index (χ2n) is 10.1. The van der Waals surface area contributed by atoms with Crippen LogP contribution in [0.3, 0.4) is 0 Å². The molecule has 1 aliphatic heterocycles. The predicted molar refractivity (Wildman–Crippen MR) is 143 cm³/mol. The van der Waals surface area contributed by atoms with Crippen molar-refractivity contribution in [2.45, 2.75) is 24.2 Å². The number of anilines is 2. The molecule has 0 saturated heterocycles. The van der Waals surface area contributed by atoms with E-state index >= 15 is 0 Å². The fourth-order valence-corrected chi connectivity index (χ4v) is 6.49. The fraction of sp³-hybridized carbons (Fsp3) is 0.267. The first kappa shape index (κ1) is 24.8. The lowest BCUT2D eigenvalue weighted by Gasteiger charge is -2.36. The molecule has 0 aromatic heterocycles. The van der Waals surface area contributed by atoms with Crippen LogP contribution in [0.2, 0.25) is 0 Å². The van der Waals surface area contributed by atoms with Crippen molar-refractivity contribution in [3.05, 3.63) is 76.6 Å². The second-order valence-corrected chi connectivity index (χ2v) is 10.1. The van der Waals surface area contributed by atoms with Gasteiger partial charge in [0.15, 0.2) is 11.6 Å². The van der Waals surface area contributed by atoms with Gasteiger partial charge in [0.05, 0.1) is 28.0 Å². The van der Waals surface area contributed by atoms with E-state index in [-0.39, 0.29) is 45.7 Å². The van der Waals surface area contributed by atoms with Gasteiger partial charge in [-0.3, -0.25) is 9.59 Å². The van der Waals surface area contributed by atoms with Crippen LogP contribution in [-0.2, 0) is 5.60 Å². The molecule has 9 heteroatoms. The Balaban J connectivity index is 1.57. The molecule has 1 heterocycles. The first-order valence-electron chi connectivity index (χ1n) is 12.5. The topological polar surface area (TPSA) is 165 Å². The van der Waals surface area contributed by atoms with Crippen molar-refractivity contribution in [1.29, 1.82) is 0 Å². The summed E-state index contributed by atoms with van der Waals surface area (Å²) in [4.78, 5) is 27.5. The molecule has 0 spiro atoms. The summed E-state index contributed by atoms with van der Waals surface area (Å²) in [7, 11) is 0. The molecule has 4 aliphatic rings. The van der Waals surface area contributed by atoms with Crippen molar-refractivity contribution in [2.75, 3.05) is 23.7 Å². The summed E-state index contributed by atoms with van der Waals surface area (Å²) in [5, 5.41) is 50.9. The first-order chi connectivity index (χ1) is 18.7. The Morgan fingerprint density at radius 2 is 1.85 bits per heavy atom. The van der Waals surface area contributed by atoms with Gasteiger partial charge in [0.25, 0.3) is 0 Å². The zero-order chi connectivity index (χ0) is 27.7. The summed E-state index contributed by atoms with van der Waals surface area (Å²) in [5.41, 5.74) is 3.08. The molecule has 1 unspecified atom stereocenters. The van der Waals surface area contributed by atoms with Crippen LogP contribution in [0, 0.1) is 35.0 Å². The summed E-state index contributed by atoms with van der Waals surface area (Å²) in [6, 6.07) is 5.04. The Morgan fingerprint density at radius 3 is 2.56 bits per heavy atom. The number of nitrogens with two attached hydrogens (primary N) is 1. The number of aliphatic hydroxyl groups is 3. The lowest BCUT2D eigenvalue weighted by molar-refractivity contribution is 0.0771. The molecule has 0 bridgehead atoms. The maximum absolute atomic E-state index is 13.9. The first-order valence-corrected chi connectivity index (χ1v) is 12.5. The Bertz CT molecular complexity index is 1650. The third-order valence-corrected chi connectivity index (χ3v) is 8.16. The number of allylic oxidation sites excluding steroid dienone is 2. The van der Waals surface area contributed by atoms with Gasteiger partial charge in [0.2, 0.25) is 0 Å². The molecule has 3 aliphatic carbocycles. The van der Waals surface area contributed by atoms with Crippen LogP contribution in [0.4, 0.5) is 11.4 Å². The highest BCUT2D eigenvalue weighted by atomic mass is 16.3. The average Bonchev–Trinajstić information content (AvgIpc) is 3.48. The Hall–Kier alpha value is -4.54. The molecule has 5 atom stereocenters. The number of carbonyl (C=O) groups excluding carboxylic acids is 2. The second kappa shape index (κ2) is 8.48. The molecule has 2 aromatic rings. The number of phenolic OH excluding ortho intramolecular Hbond substituents is 1. The van der Waals surface area contributed by atoms with Crippen LogP contribution in [0.15, 0.2) is 48.8 Å². The lowest BCUT2D eigenvalue weighted by Crippen LogP contribution is -2.42. The molecule has 0 amide bonds. The summed E-state index contributed by atoms with van der Waals surface area (Å²) in [5.74, 6) is 8.45. The van der Waals surface area contributed by atoms with E-state index in [1.54, 1.807) is 12.1 Å². The third kappa shape index (κ3) is 3.15. The zero-order valence-electron chi connectivity index (χ0n) is 20.7. The van der Waals surface area contributed by atoms with Crippen molar-refractivity contribution < 1.29 is 30.0 Å². The molecule has 39 heavy (non-hydrogen) atoms. The summed E-state index contributed by atoms with van der Waals surface area (Å²) >= 11 is 0. The van der Waals surface area contributed by atoms with E-state index in [0.717, 1.165) is 0 Å². The van der Waals surface area contributed by atoms with Gasteiger partial charge in [0.1, 0.15) is 23.5 Å². The number of aromatic hydroxyl groups is 1. The number of phenols is 1. The van der Waals surface area contributed by atoms with Crippen molar-refractivity contribution in [1.82, 2.24) is 0 Å².